The Morgan fingerprint density at radius 1 is 0.190 bits per heavy atom. The highest BCUT2D eigenvalue weighted by Gasteiger charge is 2.42. The highest BCUT2D eigenvalue weighted by Crippen LogP contribution is 2.62. The first kappa shape index (κ1) is 57.1. The van der Waals surface area contributed by atoms with Crippen molar-refractivity contribution < 1.29 is 0 Å². The lowest BCUT2D eigenvalue weighted by molar-refractivity contribution is 0.958. The Morgan fingerprint density at radius 2 is 0.467 bits per heavy atom. The van der Waals surface area contributed by atoms with Gasteiger partial charge < -0.3 is 14.7 Å². The summed E-state index contributed by atoms with van der Waals surface area (Å²) in [4.78, 5) is 22.2. The van der Waals surface area contributed by atoms with Crippen LogP contribution in [0.4, 0.5) is 51.2 Å². The molecule has 0 unspecified atom stereocenters. The predicted molar refractivity (Wildman–Crippen MR) is 423 cm³/mol. The maximum atomic E-state index is 4.91. The van der Waals surface area contributed by atoms with E-state index in [1.807, 2.05) is 12.4 Å². The standard InChI is InChI=1S/3C33H22N2/c1-3-7-27-19(5-1)12-23-14-24-15-26-18-34-17-25-13-22-10-9-21-11-20-6-2-4-8-28(20)31(21)33(22)35(32(25)26)30(24)16-29(23)27;1-3-7-26-19(5-1)14-24-16-25-15-23-11-12-34-29-17-22-10-9-21-13-20-6-2-4-8-27(20)31(21)33(22)35(32(23)29)30(25)18-28(24)26;1-3-7-26-19(5-1)14-24-16-25-17-29-32-23(11-12-34-29)15-22-10-9-21-13-20-6-2-4-8-27(20)31(21)33(22)35(32)30(25)18-28(24)26/h1-10,14,16-18H,11-13,15H2;2*1-12,16,18H,13-15,17H2. The van der Waals surface area contributed by atoms with Crippen LogP contribution in [0.3, 0.4) is 0 Å². The van der Waals surface area contributed by atoms with Crippen molar-refractivity contribution >= 4 is 51.2 Å². The molecule has 12 aromatic carbocycles. The lowest BCUT2D eigenvalue weighted by atomic mass is 9.84. The molecule has 0 amide bonds. The molecule has 6 heteroatoms. The largest absolute Gasteiger partial charge is 0.309 e. The van der Waals surface area contributed by atoms with Crippen LogP contribution in [0.5, 0.6) is 0 Å². The van der Waals surface area contributed by atoms with Crippen LogP contribution in [0.15, 0.2) is 255 Å². The van der Waals surface area contributed by atoms with Gasteiger partial charge in [-0.2, -0.15) is 0 Å². The molecule has 15 aromatic rings. The van der Waals surface area contributed by atoms with Crippen molar-refractivity contribution in [1.82, 2.24) is 15.0 Å². The SMILES string of the molecule is c1ccc2c(c1)Cc1cc3c(cc1-2)N1c2c(ccnc2C3)Cc2ccc3c(c21)-c1ccccc1C3.c1ccc2c(c1)Cc1cc3c(cc1-2)N1c2c(ccnc2Cc2ccc4c(c21)-c1ccccc1C4)C3.c1ccc2c(c1)Cc1cc3c(cc1-2)N1c2c(cncc2Cc2ccc4c(c21)-c1ccccc1C4)C3. The maximum Gasteiger partial charge on any atom is 0.0716 e. The minimum Gasteiger partial charge on any atom is -0.309 e. The van der Waals surface area contributed by atoms with Gasteiger partial charge in [-0.15, -0.1) is 0 Å². The number of pyridine rings is 3. The molecular weight excluding hydrogens is 1270 g/mol. The van der Waals surface area contributed by atoms with Gasteiger partial charge in [-0.25, -0.2) is 0 Å². The van der Waals surface area contributed by atoms with Gasteiger partial charge in [0.05, 0.1) is 62.6 Å². The lowest BCUT2D eigenvalue weighted by Crippen LogP contribution is -2.26. The number of nitrogens with zero attached hydrogens (tertiary/aromatic N) is 6. The molecule has 0 atom stereocenters. The second kappa shape index (κ2) is 21.1. The van der Waals surface area contributed by atoms with E-state index in [1.54, 1.807) is 0 Å². The van der Waals surface area contributed by atoms with E-state index in [-0.39, 0.29) is 0 Å². The number of fused-ring (bicyclic) bond motifs is 33. The fraction of sp³-hybridized carbons (Fsp3) is 0.121. The van der Waals surface area contributed by atoms with Crippen LogP contribution >= 0.6 is 0 Å². The zero-order chi connectivity index (χ0) is 68.0. The number of hydrogen-bond acceptors (Lipinski definition) is 6. The molecule has 6 aliphatic carbocycles. The zero-order valence-electron chi connectivity index (χ0n) is 57.9. The predicted octanol–water partition coefficient (Wildman–Crippen LogP) is 22.5. The number of anilines is 9. The van der Waals surface area contributed by atoms with Crippen molar-refractivity contribution in [2.45, 2.75) is 77.0 Å². The van der Waals surface area contributed by atoms with E-state index in [9.17, 15) is 0 Å². The topological polar surface area (TPSA) is 48.4 Å². The molecule has 3 aromatic heterocycles. The summed E-state index contributed by atoms with van der Waals surface area (Å²) in [6.07, 6.45) is 20.0. The minimum atomic E-state index is 0.896. The molecule has 6 aliphatic heterocycles. The van der Waals surface area contributed by atoms with Crippen LogP contribution in [0.2, 0.25) is 0 Å². The molecule has 0 spiro atoms. The Kier molecular flexibility index (Phi) is 11.5. The molecule has 0 saturated carbocycles. The Labute approximate surface area is 609 Å². The molecule has 0 radical (unpaired) electrons. The molecule has 6 nitrogen and oxygen atoms in total. The van der Waals surface area contributed by atoms with E-state index in [0.29, 0.717) is 0 Å². The molecular formula is C99H66N6. The first-order valence-electron chi connectivity index (χ1n) is 37.7. The summed E-state index contributed by atoms with van der Waals surface area (Å²) in [5.41, 5.74) is 62.7. The van der Waals surface area contributed by atoms with Crippen LogP contribution < -0.4 is 14.7 Å². The average Bonchev–Trinajstić information content (AvgIpc) is 1.71. The molecule has 27 rings (SSSR count). The fourth-order valence-corrected chi connectivity index (χ4v) is 21.2. The van der Waals surface area contributed by atoms with Crippen molar-refractivity contribution in [3.63, 3.8) is 0 Å². The Balaban J connectivity index is 0.0000000914. The molecule has 9 heterocycles. The summed E-state index contributed by atoms with van der Waals surface area (Å²) in [6.45, 7) is 0. The van der Waals surface area contributed by atoms with Crippen molar-refractivity contribution in [3.8, 4) is 66.8 Å². The van der Waals surface area contributed by atoms with E-state index in [1.165, 1.54) is 252 Å². The Hall–Kier alpha value is -12.5. The third kappa shape index (κ3) is 8.01. The van der Waals surface area contributed by atoms with Crippen LogP contribution in [-0.2, 0) is 77.0 Å². The van der Waals surface area contributed by atoms with Crippen LogP contribution in [0.1, 0.15) is 134 Å². The molecule has 0 fully saturated rings. The van der Waals surface area contributed by atoms with Crippen LogP contribution in [-0.4, -0.2) is 15.0 Å². The number of benzene rings is 12. The molecule has 0 N–H and O–H groups in total. The van der Waals surface area contributed by atoms with Crippen LogP contribution in [0.25, 0.3) is 66.8 Å². The summed E-state index contributed by atoms with van der Waals surface area (Å²) in [5.74, 6) is 0. The van der Waals surface area contributed by atoms with Crippen molar-refractivity contribution in [2.24, 2.45) is 0 Å². The van der Waals surface area contributed by atoms with Crippen LogP contribution in [0, 0.1) is 0 Å². The lowest BCUT2D eigenvalue weighted by Gasteiger charge is -2.40. The summed E-state index contributed by atoms with van der Waals surface area (Å²) in [5, 5.41) is 0. The number of rotatable bonds is 0. The first-order valence-corrected chi connectivity index (χ1v) is 37.7. The number of hydrogen-bond donors (Lipinski definition) is 0. The van der Waals surface area contributed by atoms with Gasteiger partial charge in [-0.3, -0.25) is 15.0 Å². The quantitative estimate of drug-likeness (QED) is 0.151. The Morgan fingerprint density at radius 3 is 0.876 bits per heavy atom. The molecule has 0 bridgehead atoms. The summed E-state index contributed by atoms with van der Waals surface area (Å²) in [7, 11) is 0. The van der Waals surface area contributed by atoms with Gasteiger partial charge in [0.2, 0.25) is 0 Å². The summed E-state index contributed by atoms with van der Waals surface area (Å²) >= 11 is 0. The number of aromatic nitrogens is 3. The van der Waals surface area contributed by atoms with Gasteiger partial charge in [0.25, 0.3) is 0 Å². The summed E-state index contributed by atoms with van der Waals surface area (Å²) in [6, 6.07) is 87.1. The molecule has 0 saturated heterocycles. The van der Waals surface area contributed by atoms with Crippen molar-refractivity contribution in [2.75, 3.05) is 14.7 Å². The van der Waals surface area contributed by atoms with E-state index in [0.717, 1.165) is 77.0 Å². The second-order valence-electron chi connectivity index (χ2n) is 31.1. The molecule has 492 valence electrons. The van der Waals surface area contributed by atoms with Gasteiger partial charge in [0, 0.05) is 80.0 Å². The third-order valence-electron chi connectivity index (χ3n) is 25.6. The highest BCUT2D eigenvalue weighted by molar-refractivity contribution is 6.04. The van der Waals surface area contributed by atoms with E-state index >= 15 is 0 Å². The van der Waals surface area contributed by atoms with E-state index in [2.05, 4.69) is 263 Å². The summed E-state index contributed by atoms with van der Waals surface area (Å²) < 4.78 is 0. The van der Waals surface area contributed by atoms with Gasteiger partial charge in [0.1, 0.15) is 0 Å². The second-order valence-corrected chi connectivity index (χ2v) is 31.1. The van der Waals surface area contributed by atoms with Gasteiger partial charge in [0.15, 0.2) is 0 Å². The Bertz CT molecular complexity index is 5900. The minimum absolute atomic E-state index is 0.896. The van der Waals surface area contributed by atoms with E-state index in [4.69, 9.17) is 9.97 Å². The highest BCUT2D eigenvalue weighted by atomic mass is 15.2. The van der Waals surface area contributed by atoms with Gasteiger partial charge in [-0.05, 0) is 241 Å². The van der Waals surface area contributed by atoms with E-state index < -0.39 is 0 Å². The first-order chi connectivity index (χ1) is 52.0. The molecule has 12 aliphatic rings. The smallest absolute Gasteiger partial charge is 0.0716 e. The monoisotopic (exact) mass is 1340 g/mol. The van der Waals surface area contributed by atoms with Crippen molar-refractivity contribution in [1.29, 1.82) is 0 Å². The van der Waals surface area contributed by atoms with Gasteiger partial charge >= 0.3 is 0 Å². The average molecular weight is 1340 g/mol. The normalized spacial score (nSPS) is 14.9. The fourth-order valence-electron chi connectivity index (χ4n) is 21.2. The maximum absolute atomic E-state index is 4.91. The third-order valence-corrected chi connectivity index (χ3v) is 25.6. The zero-order valence-corrected chi connectivity index (χ0v) is 57.9. The molecule has 105 heavy (non-hydrogen) atoms. The van der Waals surface area contributed by atoms with Crippen molar-refractivity contribution in [3.05, 3.63) is 389 Å². The van der Waals surface area contributed by atoms with Gasteiger partial charge in [-0.1, -0.05) is 200 Å².